The van der Waals surface area contributed by atoms with Gasteiger partial charge in [-0.3, -0.25) is 18.9 Å². The number of benzene rings is 3. The summed E-state index contributed by atoms with van der Waals surface area (Å²) >= 11 is 0. The third kappa shape index (κ3) is 9.40. The van der Waals surface area contributed by atoms with E-state index in [0.717, 1.165) is 24.0 Å². The van der Waals surface area contributed by atoms with E-state index in [1.165, 1.54) is 6.07 Å². The smallest absolute Gasteiger partial charge is 0.253 e. The molecule has 0 heterocycles. The van der Waals surface area contributed by atoms with Crippen LogP contribution < -0.4 is 10.6 Å². The highest BCUT2D eigenvalue weighted by atomic mass is 31.2. The van der Waals surface area contributed by atoms with Crippen LogP contribution in [0.15, 0.2) is 78.9 Å². The van der Waals surface area contributed by atoms with Crippen LogP contribution in [0.2, 0.25) is 0 Å². The van der Waals surface area contributed by atoms with Crippen LogP contribution in [0.3, 0.4) is 0 Å². The van der Waals surface area contributed by atoms with Crippen molar-refractivity contribution in [2.45, 2.75) is 52.7 Å². The van der Waals surface area contributed by atoms with Crippen molar-refractivity contribution in [2.24, 2.45) is 5.92 Å². The summed E-state index contributed by atoms with van der Waals surface area (Å²) in [4.78, 5) is 52.5. The summed E-state index contributed by atoms with van der Waals surface area (Å²) in [5.74, 6) is -3.03. The van der Waals surface area contributed by atoms with Crippen molar-refractivity contribution in [3.8, 4) is 0 Å². The maximum absolute atomic E-state index is 13.8. The molecule has 3 amide bonds. The number of carbonyl (C=O) groups is 3. The number of nitrogens with zero attached hydrogens (tertiary/aromatic N) is 1. The lowest BCUT2D eigenvalue weighted by atomic mass is 10.1. The summed E-state index contributed by atoms with van der Waals surface area (Å²) in [6.07, 6.45) is 1.43. The zero-order chi connectivity index (χ0) is 30.7. The Bertz CT molecular complexity index is 1390. The van der Waals surface area contributed by atoms with Crippen molar-refractivity contribution in [2.75, 3.05) is 24.6 Å². The van der Waals surface area contributed by atoms with Crippen LogP contribution in [0.5, 0.6) is 0 Å². The molecule has 0 radical (unpaired) electrons. The van der Waals surface area contributed by atoms with Crippen LogP contribution in [0.4, 0.5) is 5.69 Å². The Balaban J connectivity index is 1.80. The molecule has 0 fully saturated rings. The summed E-state index contributed by atoms with van der Waals surface area (Å²) in [6.45, 7) is 8.79. The minimum atomic E-state index is -4.10. The van der Waals surface area contributed by atoms with Crippen molar-refractivity contribution < 1.29 is 23.8 Å². The monoisotopic (exact) mass is 591 g/mol. The van der Waals surface area contributed by atoms with Crippen LogP contribution in [-0.4, -0.2) is 52.5 Å². The molecule has 3 rings (SSSR count). The number of amides is 3. The molecule has 0 aromatic heterocycles. The van der Waals surface area contributed by atoms with Crippen molar-refractivity contribution in [3.05, 3.63) is 101 Å². The molecule has 3 aromatic carbocycles. The molecule has 0 bridgehead atoms. The van der Waals surface area contributed by atoms with Gasteiger partial charge < -0.3 is 20.4 Å². The second-order valence-electron chi connectivity index (χ2n) is 10.7. The van der Waals surface area contributed by atoms with Crippen LogP contribution in [0.1, 0.15) is 65.5 Å². The van der Waals surface area contributed by atoms with E-state index in [2.05, 4.69) is 10.6 Å². The quantitative estimate of drug-likeness (QED) is 0.196. The predicted octanol–water partition coefficient (Wildman–Crippen LogP) is 6.10. The minimum Gasteiger partial charge on any atom is -0.343 e. The first-order valence-corrected chi connectivity index (χ1v) is 16.4. The molecule has 224 valence electrons. The molecule has 0 aliphatic rings. The van der Waals surface area contributed by atoms with Crippen molar-refractivity contribution in [3.63, 3.8) is 0 Å². The fraction of sp³-hybridized carbons (Fsp3) is 0.364. The summed E-state index contributed by atoms with van der Waals surface area (Å²) in [5.41, 5.74) is 3.03. The van der Waals surface area contributed by atoms with E-state index in [1.54, 1.807) is 42.2 Å². The third-order valence-corrected chi connectivity index (χ3v) is 9.36. The van der Waals surface area contributed by atoms with E-state index in [9.17, 15) is 23.8 Å². The molecule has 0 saturated heterocycles. The average Bonchev–Trinajstić information content (AvgIpc) is 2.97. The van der Waals surface area contributed by atoms with Crippen molar-refractivity contribution >= 4 is 30.8 Å². The van der Waals surface area contributed by atoms with Gasteiger partial charge in [0.05, 0.1) is 0 Å². The van der Waals surface area contributed by atoms with E-state index in [-0.39, 0.29) is 30.0 Å². The Morgan fingerprint density at radius 3 is 2.12 bits per heavy atom. The third-order valence-electron chi connectivity index (χ3n) is 7.00. The molecule has 0 spiro atoms. The highest BCUT2D eigenvalue weighted by molar-refractivity contribution is 7.58. The molecule has 0 aliphatic heterocycles. The van der Waals surface area contributed by atoms with Crippen LogP contribution >= 0.6 is 7.37 Å². The predicted molar refractivity (Wildman–Crippen MR) is 168 cm³/mol. The van der Waals surface area contributed by atoms with Gasteiger partial charge in [0.1, 0.15) is 5.78 Å². The van der Waals surface area contributed by atoms with Crippen molar-refractivity contribution in [1.29, 1.82) is 0 Å². The zero-order valence-corrected chi connectivity index (χ0v) is 25.8. The van der Waals surface area contributed by atoms with Gasteiger partial charge >= 0.3 is 0 Å². The summed E-state index contributed by atoms with van der Waals surface area (Å²) in [5, 5.41) is 5.56. The summed E-state index contributed by atoms with van der Waals surface area (Å²) in [7, 11) is -4.10. The average molecular weight is 592 g/mol. The summed E-state index contributed by atoms with van der Waals surface area (Å²) < 4.78 is 13.8. The van der Waals surface area contributed by atoms with Crippen LogP contribution in [-0.2, 0) is 15.8 Å². The van der Waals surface area contributed by atoms with Gasteiger partial charge in [0, 0.05) is 48.4 Å². The lowest BCUT2D eigenvalue weighted by Gasteiger charge is -2.26. The highest BCUT2D eigenvalue weighted by Crippen LogP contribution is 2.48. The number of aryl methyl sites for hydroxylation is 1. The van der Waals surface area contributed by atoms with E-state index in [1.807, 2.05) is 63.2 Å². The lowest BCUT2D eigenvalue weighted by molar-refractivity contribution is -0.118. The normalized spacial score (nSPS) is 13.8. The standard InChI is InChI=1S/C33H42N3O5P/c1-5-19-36(20-6-2)33(39)28-14-10-13-27(22-28)32(38)35-30(21-26-11-8-7-9-12-26)42(40,41)23-25(4)31(37)34-29-17-15-24(3)16-18-29/h7-18,22,25,30H,5-6,19-21,23H2,1-4H3,(H,34,37)(H,35,38)(H,40,41)/t25-,30+/m0/s1. The molecule has 3 aromatic rings. The number of anilines is 1. The number of hydrogen-bond acceptors (Lipinski definition) is 4. The minimum absolute atomic E-state index is 0.103. The maximum Gasteiger partial charge on any atom is 0.253 e. The van der Waals surface area contributed by atoms with E-state index in [4.69, 9.17) is 0 Å². The van der Waals surface area contributed by atoms with Crippen LogP contribution in [0, 0.1) is 12.8 Å². The molecule has 3 N–H and O–H groups in total. The molecular formula is C33H42N3O5P. The van der Waals surface area contributed by atoms with Gasteiger partial charge in [0.15, 0.2) is 0 Å². The van der Waals surface area contributed by atoms with Gasteiger partial charge in [-0.05, 0) is 55.7 Å². The van der Waals surface area contributed by atoms with Gasteiger partial charge in [0.25, 0.3) is 11.8 Å². The van der Waals surface area contributed by atoms with Crippen LogP contribution in [0.25, 0.3) is 0 Å². The second kappa shape index (κ2) is 15.5. The molecular weight excluding hydrogens is 549 g/mol. The topological polar surface area (TPSA) is 116 Å². The molecule has 9 heteroatoms. The lowest BCUT2D eigenvalue weighted by Crippen LogP contribution is -2.38. The fourth-order valence-electron chi connectivity index (χ4n) is 4.70. The molecule has 1 unspecified atom stereocenters. The number of hydrogen-bond donors (Lipinski definition) is 3. The number of nitrogens with one attached hydrogen (secondary N) is 2. The van der Waals surface area contributed by atoms with Gasteiger partial charge in [0.2, 0.25) is 13.3 Å². The van der Waals surface area contributed by atoms with Gasteiger partial charge in [-0.15, -0.1) is 0 Å². The van der Waals surface area contributed by atoms with Gasteiger partial charge in [-0.25, -0.2) is 0 Å². The Morgan fingerprint density at radius 1 is 0.881 bits per heavy atom. The van der Waals surface area contributed by atoms with E-state index in [0.29, 0.717) is 24.3 Å². The zero-order valence-electron chi connectivity index (χ0n) is 24.9. The Labute approximate surface area is 249 Å². The first-order chi connectivity index (χ1) is 20.0. The fourth-order valence-corrected chi connectivity index (χ4v) is 6.72. The maximum atomic E-state index is 13.8. The SMILES string of the molecule is CCCN(CCC)C(=O)c1cccc(C(=O)N[C@@H](Cc2ccccc2)P(=O)(O)C[C@H](C)C(=O)Nc2ccc(C)cc2)c1. The molecule has 0 aliphatic carbocycles. The van der Waals surface area contributed by atoms with E-state index >= 15 is 0 Å². The first kappa shape index (κ1) is 32.8. The van der Waals surface area contributed by atoms with E-state index < -0.39 is 25.0 Å². The summed E-state index contributed by atoms with van der Waals surface area (Å²) in [6, 6.07) is 22.8. The molecule has 8 nitrogen and oxygen atoms in total. The highest BCUT2D eigenvalue weighted by Gasteiger charge is 2.36. The second-order valence-corrected chi connectivity index (χ2v) is 13.2. The number of rotatable bonds is 14. The largest absolute Gasteiger partial charge is 0.343 e. The van der Waals surface area contributed by atoms with Gasteiger partial charge in [-0.2, -0.15) is 0 Å². The molecule has 42 heavy (non-hydrogen) atoms. The molecule has 3 atom stereocenters. The Hall–Kier alpha value is -3.74. The Kier molecular flexibility index (Phi) is 12.1. The van der Waals surface area contributed by atoms with Gasteiger partial charge in [-0.1, -0.05) is 74.9 Å². The van der Waals surface area contributed by atoms with Crippen molar-refractivity contribution in [1.82, 2.24) is 10.2 Å². The number of carbonyl (C=O) groups excluding carboxylic acids is 3. The first-order valence-electron chi connectivity index (χ1n) is 14.5. The Morgan fingerprint density at radius 2 is 1.50 bits per heavy atom. The molecule has 0 saturated carbocycles.